The summed E-state index contributed by atoms with van der Waals surface area (Å²) in [5.41, 5.74) is 1.85. The number of rotatable bonds is 6. The van der Waals surface area contributed by atoms with Gasteiger partial charge in [0.15, 0.2) is 5.11 Å². The minimum atomic E-state index is 0.405. The highest BCUT2D eigenvalue weighted by molar-refractivity contribution is 7.80. The Hall–Kier alpha value is -2.29. The molecule has 2 aromatic carbocycles. The monoisotopic (exact) mass is 345 g/mol. The minimum Gasteiger partial charge on any atom is -0.490 e. The van der Waals surface area contributed by atoms with Crippen LogP contribution in [-0.2, 0) is 6.42 Å². The zero-order valence-electron chi connectivity index (χ0n) is 12.4. The Bertz CT molecular complexity index is 698. The third kappa shape index (κ3) is 5.78. The number of nitriles is 1. The smallest absolute Gasteiger partial charge is 0.170 e. The summed E-state index contributed by atoms with van der Waals surface area (Å²) in [6, 6.07) is 17.0. The summed E-state index contributed by atoms with van der Waals surface area (Å²) in [6.45, 7) is 1.01. The predicted molar refractivity (Wildman–Crippen MR) is 96.9 cm³/mol. The van der Waals surface area contributed by atoms with Crippen molar-refractivity contribution >= 4 is 34.6 Å². The number of benzene rings is 2. The van der Waals surface area contributed by atoms with Crippen LogP contribution in [0.15, 0.2) is 48.5 Å². The molecule has 2 aromatic rings. The molecule has 0 bridgehead atoms. The Balaban J connectivity index is 1.71. The molecule has 0 atom stereocenters. The molecule has 4 nitrogen and oxygen atoms in total. The van der Waals surface area contributed by atoms with Crippen LogP contribution in [0.5, 0.6) is 5.75 Å². The van der Waals surface area contributed by atoms with E-state index in [-0.39, 0.29) is 0 Å². The fourth-order valence-corrected chi connectivity index (χ4v) is 2.27. The molecular formula is C17H16ClN3OS. The van der Waals surface area contributed by atoms with Gasteiger partial charge >= 0.3 is 0 Å². The number of ether oxygens (including phenoxy) is 1. The number of nitrogens with zero attached hydrogens (tertiary/aromatic N) is 1. The SMILES string of the molecule is N#CCc1ccc(NC(=S)NCCOc2ccccc2Cl)cc1. The second kappa shape index (κ2) is 8.99. The normalized spacial score (nSPS) is 9.74. The molecule has 0 radical (unpaired) electrons. The molecular weight excluding hydrogens is 330 g/mol. The average molecular weight is 346 g/mol. The van der Waals surface area contributed by atoms with E-state index >= 15 is 0 Å². The van der Waals surface area contributed by atoms with Gasteiger partial charge in [0.1, 0.15) is 12.4 Å². The molecule has 6 heteroatoms. The maximum Gasteiger partial charge on any atom is 0.170 e. The maximum absolute atomic E-state index is 8.64. The number of nitrogens with one attached hydrogen (secondary N) is 2. The lowest BCUT2D eigenvalue weighted by atomic mass is 10.1. The molecule has 0 heterocycles. The number of anilines is 1. The van der Waals surface area contributed by atoms with E-state index in [9.17, 15) is 0 Å². The molecule has 0 amide bonds. The topological polar surface area (TPSA) is 57.1 Å². The Kier molecular flexibility index (Phi) is 6.67. The summed E-state index contributed by atoms with van der Waals surface area (Å²) < 4.78 is 5.57. The van der Waals surface area contributed by atoms with Crippen molar-refractivity contribution in [2.24, 2.45) is 0 Å². The van der Waals surface area contributed by atoms with Gasteiger partial charge in [-0.05, 0) is 42.0 Å². The molecule has 0 saturated carbocycles. The molecule has 0 aromatic heterocycles. The average Bonchev–Trinajstić information content (AvgIpc) is 2.55. The Morgan fingerprint density at radius 2 is 1.91 bits per heavy atom. The van der Waals surface area contributed by atoms with Crippen LogP contribution in [0.4, 0.5) is 5.69 Å². The first kappa shape index (κ1) is 17.1. The van der Waals surface area contributed by atoms with Gasteiger partial charge in [-0.3, -0.25) is 0 Å². The largest absolute Gasteiger partial charge is 0.490 e. The number of hydrogen-bond donors (Lipinski definition) is 2. The first-order valence-electron chi connectivity index (χ1n) is 7.07. The Morgan fingerprint density at radius 3 is 2.61 bits per heavy atom. The summed E-state index contributed by atoms with van der Waals surface area (Å²) in [6.07, 6.45) is 0.405. The van der Waals surface area contributed by atoms with Crippen molar-refractivity contribution < 1.29 is 4.74 Å². The van der Waals surface area contributed by atoms with Crippen LogP contribution >= 0.6 is 23.8 Å². The second-order valence-electron chi connectivity index (χ2n) is 4.69. The highest BCUT2D eigenvalue weighted by atomic mass is 35.5. The summed E-state index contributed by atoms with van der Waals surface area (Å²) in [5.74, 6) is 0.655. The van der Waals surface area contributed by atoms with E-state index in [1.165, 1.54) is 0 Å². The number of thiocarbonyl (C=S) groups is 1. The van der Waals surface area contributed by atoms with E-state index in [0.29, 0.717) is 35.5 Å². The standard InChI is InChI=1S/C17H16ClN3OS/c18-15-3-1-2-4-16(15)22-12-11-20-17(23)21-14-7-5-13(6-8-14)9-10-19/h1-8H,9,11-12H2,(H2,20,21,23). The van der Waals surface area contributed by atoms with Crippen molar-refractivity contribution in [3.63, 3.8) is 0 Å². The fraction of sp³-hybridized carbons (Fsp3) is 0.176. The first-order chi connectivity index (χ1) is 11.2. The van der Waals surface area contributed by atoms with E-state index in [1.807, 2.05) is 42.5 Å². The summed E-state index contributed by atoms with van der Waals surface area (Å²) in [4.78, 5) is 0. The van der Waals surface area contributed by atoms with Crippen molar-refractivity contribution in [2.45, 2.75) is 6.42 Å². The van der Waals surface area contributed by atoms with Crippen molar-refractivity contribution in [3.8, 4) is 11.8 Å². The van der Waals surface area contributed by atoms with Crippen LogP contribution in [-0.4, -0.2) is 18.3 Å². The Morgan fingerprint density at radius 1 is 1.17 bits per heavy atom. The van der Waals surface area contributed by atoms with Gasteiger partial charge < -0.3 is 15.4 Å². The van der Waals surface area contributed by atoms with Gasteiger partial charge in [-0.1, -0.05) is 35.9 Å². The van der Waals surface area contributed by atoms with Crippen LogP contribution in [0.3, 0.4) is 0 Å². The van der Waals surface area contributed by atoms with E-state index < -0.39 is 0 Å². The number of para-hydroxylation sites is 1. The molecule has 23 heavy (non-hydrogen) atoms. The van der Waals surface area contributed by atoms with E-state index in [4.69, 9.17) is 33.8 Å². The van der Waals surface area contributed by atoms with E-state index in [0.717, 1.165) is 11.3 Å². The van der Waals surface area contributed by atoms with Crippen LogP contribution in [0.2, 0.25) is 5.02 Å². The Labute approximate surface area is 146 Å². The number of hydrogen-bond acceptors (Lipinski definition) is 3. The maximum atomic E-state index is 8.64. The first-order valence-corrected chi connectivity index (χ1v) is 7.86. The van der Waals surface area contributed by atoms with Gasteiger partial charge in [-0.2, -0.15) is 5.26 Å². The molecule has 0 aliphatic carbocycles. The lowest BCUT2D eigenvalue weighted by Gasteiger charge is -2.12. The third-order valence-corrected chi connectivity index (χ3v) is 3.54. The van der Waals surface area contributed by atoms with Crippen LogP contribution in [0.1, 0.15) is 5.56 Å². The van der Waals surface area contributed by atoms with Gasteiger partial charge in [0.05, 0.1) is 24.1 Å². The van der Waals surface area contributed by atoms with Crippen molar-refractivity contribution in [1.29, 1.82) is 5.26 Å². The van der Waals surface area contributed by atoms with Gasteiger partial charge in [0.2, 0.25) is 0 Å². The highest BCUT2D eigenvalue weighted by Gasteiger charge is 2.01. The van der Waals surface area contributed by atoms with Gasteiger partial charge in [0, 0.05) is 5.69 Å². The molecule has 0 unspecified atom stereocenters. The van der Waals surface area contributed by atoms with Gasteiger partial charge in [-0.25, -0.2) is 0 Å². The quantitative estimate of drug-likeness (QED) is 0.616. The van der Waals surface area contributed by atoms with Crippen molar-refractivity contribution in [2.75, 3.05) is 18.5 Å². The van der Waals surface area contributed by atoms with Crippen molar-refractivity contribution in [1.82, 2.24) is 5.32 Å². The molecule has 0 saturated heterocycles. The zero-order valence-corrected chi connectivity index (χ0v) is 14.0. The predicted octanol–water partition coefficient (Wildman–Crippen LogP) is 3.77. The zero-order chi connectivity index (χ0) is 16.5. The summed E-state index contributed by atoms with van der Waals surface area (Å²) in [7, 11) is 0. The molecule has 2 N–H and O–H groups in total. The molecule has 0 fully saturated rings. The van der Waals surface area contributed by atoms with Crippen LogP contribution < -0.4 is 15.4 Å². The highest BCUT2D eigenvalue weighted by Crippen LogP contribution is 2.22. The van der Waals surface area contributed by atoms with E-state index in [2.05, 4.69) is 16.7 Å². The summed E-state index contributed by atoms with van der Waals surface area (Å²) >= 11 is 11.2. The molecule has 2 rings (SSSR count). The molecule has 0 spiro atoms. The number of halogens is 1. The molecule has 0 aliphatic heterocycles. The van der Waals surface area contributed by atoms with E-state index in [1.54, 1.807) is 6.07 Å². The molecule has 118 valence electrons. The van der Waals surface area contributed by atoms with Crippen molar-refractivity contribution in [3.05, 3.63) is 59.1 Å². The fourth-order valence-electron chi connectivity index (χ4n) is 1.86. The van der Waals surface area contributed by atoms with Gasteiger partial charge in [-0.15, -0.1) is 0 Å². The van der Waals surface area contributed by atoms with Gasteiger partial charge in [0.25, 0.3) is 0 Å². The second-order valence-corrected chi connectivity index (χ2v) is 5.51. The molecule has 0 aliphatic rings. The summed E-state index contributed by atoms with van der Waals surface area (Å²) in [5, 5.41) is 15.9. The minimum absolute atomic E-state index is 0.405. The lowest BCUT2D eigenvalue weighted by molar-refractivity contribution is 0.323. The van der Waals surface area contributed by atoms with Crippen LogP contribution in [0.25, 0.3) is 0 Å². The van der Waals surface area contributed by atoms with Crippen LogP contribution in [0, 0.1) is 11.3 Å². The third-order valence-electron chi connectivity index (χ3n) is 2.98. The lowest BCUT2D eigenvalue weighted by Crippen LogP contribution is -2.31.